The van der Waals surface area contributed by atoms with Crippen LogP contribution in [0, 0.1) is 0 Å². The Morgan fingerprint density at radius 2 is 1.76 bits per heavy atom. The van der Waals surface area contributed by atoms with Gasteiger partial charge in [-0.15, -0.1) is 0 Å². The Morgan fingerprint density at radius 1 is 1.00 bits per heavy atom. The van der Waals surface area contributed by atoms with Gasteiger partial charge in [-0.1, -0.05) is 0 Å². The second kappa shape index (κ2) is 12.5. The van der Waals surface area contributed by atoms with E-state index in [-0.39, 0.29) is 52.2 Å². The Bertz CT molecular complexity index is 1750. The van der Waals surface area contributed by atoms with Crippen molar-refractivity contribution in [2.24, 2.45) is 0 Å². The lowest BCUT2D eigenvalue weighted by Crippen LogP contribution is -2.41. The van der Waals surface area contributed by atoms with Crippen LogP contribution < -0.4 is 16.1 Å². The minimum Gasteiger partial charge on any atom is -0.508 e. The number of rotatable bonds is 11. The van der Waals surface area contributed by atoms with E-state index in [2.05, 4.69) is 15.2 Å². The Kier molecular flexibility index (Phi) is 9.05. The number of hydrogen-bond donors (Lipinski definition) is 7. The molecule has 1 heterocycles. The predicted octanol–water partition coefficient (Wildman–Crippen LogP) is 1.67. The number of aromatic hydroxyl groups is 1. The van der Waals surface area contributed by atoms with Crippen LogP contribution in [0.5, 0.6) is 5.75 Å². The van der Waals surface area contributed by atoms with Gasteiger partial charge in [0.05, 0.1) is 24.8 Å². The highest BCUT2D eigenvalue weighted by Gasteiger charge is 2.24. The van der Waals surface area contributed by atoms with Gasteiger partial charge in [-0.2, -0.15) is 0 Å². The normalized spacial score (nSPS) is 12.3. The lowest BCUT2D eigenvalue weighted by atomic mass is 9.89. The molecule has 220 valence electrons. The summed E-state index contributed by atoms with van der Waals surface area (Å²) in [6, 6.07) is 11.0. The van der Waals surface area contributed by atoms with Crippen LogP contribution in [0.2, 0.25) is 0 Å². The number of phosphoric ester groups is 1. The van der Waals surface area contributed by atoms with Crippen molar-refractivity contribution in [2.75, 3.05) is 19.8 Å². The second-order valence-corrected chi connectivity index (χ2v) is 10.4. The molecule has 2 aromatic rings. The Hall–Kier alpha value is -4.59. The zero-order valence-electron chi connectivity index (χ0n) is 21.6. The van der Waals surface area contributed by atoms with Crippen LogP contribution in [0.1, 0.15) is 27.1 Å². The summed E-state index contributed by atoms with van der Waals surface area (Å²) in [7, 11) is -4.80. The maximum Gasteiger partial charge on any atom is 0.469 e. The first-order valence-electron chi connectivity index (χ1n) is 12.3. The molecular formula is C27H25N2O12P. The molecule has 0 radical (unpaired) electrons. The summed E-state index contributed by atoms with van der Waals surface area (Å²) in [4.78, 5) is 66.9. The number of amides is 2. The third-order valence-corrected chi connectivity index (χ3v) is 6.61. The number of carboxylic acid groups (broad SMARTS) is 1. The van der Waals surface area contributed by atoms with Crippen LogP contribution in [-0.4, -0.2) is 68.7 Å². The number of fused-ring (bicyclic) bond motifs is 2. The van der Waals surface area contributed by atoms with Crippen molar-refractivity contribution >= 4 is 36.6 Å². The van der Waals surface area contributed by atoms with Gasteiger partial charge in [0.15, 0.2) is 5.43 Å². The minimum atomic E-state index is -4.80. The molecule has 1 unspecified atom stereocenters. The highest BCUT2D eigenvalue weighted by molar-refractivity contribution is 7.46. The van der Waals surface area contributed by atoms with Crippen molar-refractivity contribution in [1.82, 2.24) is 10.6 Å². The van der Waals surface area contributed by atoms with Crippen molar-refractivity contribution in [2.45, 2.75) is 12.5 Å². The van der Waals surface area contributed by atoms with Crippen LogP contribution in [0.4, 0.5) is 0 Å². The van der Waals surface area contributed by atoms with Gasteiger partial charge in [0.2, 0.25) is 5.91 Å². The number of phenolic OH excluding ortho intramolecular Hbond substituents is 1. The number of carboxylic acids is 1. The van der Waals surface area contributed by atoms with Crippen molar-refractivity contribution in [3.05, 3.63) is 75.9 Å². The molecule has 0 saturated carbocycles. The van der Waals surface area contributed by atoms with Crippen LogP contribution in [0.3, 0.4) is 0 Å². The SMILES string of the molecule is O=C(CCNC(=O)c1ccc(C(=O)O)c(-c2c3ccc(=O)cc-3oc3cc(O)ccc23)c1)NC(CO)COP(=O)(O)O. The van der Waals surface area contributed by atoms with Crippen LogP contribution in [0.25, 0.3) is 33.4 Å². The van der Waals surface area contributed by atoms with Crippen molar-refractivity contribution in [3.63, 3.8) is 0 Å². The second-order valence-electron chi connectivity index (χ2n) is 9.12. The van der Waals surface area contributed by atoms with Crippen molar-refractivity contribution in [1.29, 1.82) is 0 Å². The number of aliphatic hydroxyl groups is 1. The molecule has 0 aromatic heterocycles. The van der Waals surface area contributed by atoms with Crippen molar-refractivity contribution in [3.8, 4) is 28.2 Å². The van der Waals surface area contributed by atoms with Gasteiger partial charge < -0.3 is 40.2 Å². The third-order valence-electron chi connectivity index (χ3n) is 6.13. The molecule has 0 saturated heterocycles. The maximum absolute atomic E-state index is 13.0. The number of phenols is 1. The standard InChI is InChI=1S/C27H25N2O12P/c30-12-15(13-40-42(37,38)39)29-24(33)7-8-28-26(34)14-1-4-18(27(35)36)21(9-14)25-19-5-2-16(31)10-22(19)41-23-11-17(32)3-6-20(23)25/h1-6,9-11,15,30-31H,7-8,12-13H2,(H,28,34)(H,29,33)(H,35,36)(H2,37,38,39). The first kappa shape index (κ1) is 30.4. The number of nitrogens with one attached hydrogen (secondary N) is 2. The fraction of sp³-hybridized carbons (Fsp3) is 0.185. The van der Waals surface area contributed by atoms with Gasteiger partial charge in [0.1, 0.15) is 17.1 Å². The van der Waals surface area contributed by atoms with Crippen LogP contribution >= 0.6 is 7.82 Å². The Morgan fingerprint density at radius 3 is 2.45 bits per heavy atom. The summed E-state index contributed by atoms with van der Waals surface area (Å²) in [6.07, 6.45) is -0.255. The molecule has 1 aliphatic carbocycles. The maximum atomic E-state index is 13.0. The molecule has 2 amide bonds. The highest BCUT2D eigenvalue weighted by atomic mass is 31.2. The summed E-state index contributed by atoms with van der Waals surface area (Å²) >= 11 is 0. The topological polar surface area (TPSA) is 233 Å². The summed E-state index contributed by atoms with van der Waals surface area (Å²) in [5.41, 5.74) is 0.612. The van der Waals surface area contributed by atoms with E-state index in [1.807, 2.05) is 0 Å². The monoisotopic (exact) mass is 600 g/mol. The van der Waals surface area contributed by atoms with E-state index in [1.54, 1.807) is 0 Å². The van der Waals surface area contributed by atoms with Crippen molar-refractivity contribution < 1.29 is 53.0 Å². The van der Waals surface area contributed by atoms with E-state index in [0.29, 0.717) is 16.5 Å². The average Bonchev–Trinajstić information content (AvgIpc) is 2.92. The first-order chi connectivity index (χ1) is 19.9. The molecule has 42 heavy (non-hydrogen) atoms. The minimum absolute atomic E-state index is 0.0556. The van der Waals surface area contributed by atoms with Gasteiger partial charge in [-0.25, -0.2) is 9.36 Å². The van der Waals surface area contributed by atoms with Gasteiger partial charge in [0.25, 0.3) is 5.91 Å². The summed E-state index contributed by atoms with van der Waals surface area (Å²) in [6.45, 7) is -1.45. The quantitative estimate of drug-likeness (QED) is 0.0962. The zero-order valence-corrected chi connectivity index (χ0v) is 22.5. The number of carbonyl (C=O) groups excluding carboxylic acids is 2. The molecule has 1 atom stereocenters. The van der Waals surface area contributed by atoms with E-state index in [1.165, 1.54) is 54.6 Å². The molecule has 1 aliphatic heterocycles. The molecule has 15 heteroatoms. The van der Waals surface area contributed by atoms with Gasteiger partial charge >= 0.3 is 13.8 Å². The molecule has 2 aromatic carbocycles. The molecule has 0 fully saturated rings. The Labute approximate surface area is 236 Å². The lowest BCUT2D eigenvalue weighted by molar-refractivity contribution is -0.122. The number of aliphatic hydroxyl groups excluding tert-OH is 1. The Balaban J connectivity index is 1.61. The van der Waals surface area contributed by atoms with Gasteiger partial charge in [-0.3, -0.25) is 18.9 Å². The third kappa shape index (κ3) is 7.18. The number of benzene rings is 3. The number of hydrogen-bond acceptors (Lipinski definition) is 9. The van der Waals surface area contributed by atoms with E-state index >= 15 is 0 Å². The predicted molar refractivity (Wildman–Crippen MR) is 147 cm³/mol. The molecule has 7 N–H and O–H groups in total. The summed E-state index contributed by atoms with van der Waals surface area (Å²) in [5.74, 6) is -2.54. The van der Waals surface area contributed by atoms with E-state index in [9.17, 15) is 39.1 Å². The van der Waals surface area contributed by atoms with Gasteiger partial charge in [0, 0.05) is 47.2 Å². The number of carbonyl (C=O) groups is 3. The molecule has 0 spiro atoms. The molecule has 2 aliphatic rings. The fourth-order valence-corrected chi connectivity index (χ4v) is 4.62. The molecule has 4 rings (SSSR count). The van der Waals surface area contributed by atoms with Crippen LogP contribution in [0.15, 0.2) is 63.8 Å². The van der Waals surface area contributed by atoms with E-state index in [4.69, 9.17) is 14.2 Å². The lowest BCUT2D eigenvalue weighted by Gasteiger charge is -2.18. The largest absolute Gasteiger partial charge is 0.508 e. The highest BCUT2D eigenvalue weighted by Crippen LogP contribution is 2.42. The molecular weight excluding hydrogens is 575 g/mol. The van der Waals surface area contributed by atoms with E-state index in [0.717, 1.165) is 0 Å². The van der Waals surface area contributed by atoms with Gasteiger partial charge in [-0.05, 0) is 48.0 Å². The van der Waals surface area contributed by atoms with Crippen LogP contribution in [-0.2, 0) is 13.9 Å². The smallest absolute Gasteiger partial charge is 0.469 e. The first-order valence-corrected chi connectivity index (χ1v) is 13.8. The molecule has 0 bridgehead atoms. The molecule has 14 nitrogen and oxygen atoms in total. The number of aromatic carboxylic acids is 1. The average molecular weight is 600 g/mol. The summed E-state index contributed by atoms with van der Waals surface area (Å²) < 4.78 is 20.9. The fourth-order valence-electron chi connectivity index (χ4n) is 4.25. The number of phosphoric acid groups is 1. The zero-order chi connectivity index (χ0) is 30.6. The van der Waals surface area contributed by atoms with E-state index < -0.39 is 44.9 Å². The summed E-state index contributed by atoms with van der Waals surface area (Å²) in [5, 5.41) is 34.5.